The Hall–Kier alpha value is -1.90. The molecule has 1 amide bonds. The van der Waals surface area contributed by atoms with Crippen molar-refractivity contribution in [3.05, 3.63) is 35.1 Å². The predicted octanol–water partition coefficient (Wildman–Crippen LogP) is 1.42. The number of amides is 1. The van der Waals surface area contributed by atoms with Crippen molar-refractivity contribution in [1.82, 2.24) is 4.90 Å². The van der Waals surface area contributed by atoms with Gasteiger partial charge in [0.2, 0.25) is 0 Å². The Kier molecular flexibility index (Phi) is 5.32. The van der Waals surface area contributed by atoms with Gasteiger partial charge in [-0.25, -0.2) is 4.39 Å². The minimum atomic E-state index is -0.455. The molecule has 1 aromatic carbocycles. The lowest BCUT2D eigenvalue weighted by Gasteiger charge is -2.22. The zero-order chi connectivity index (χ0) is 15.2. The summed E-state index contributed by atoms with van der Waals surface area (Å²) >= 11 is 0. The Balaban J connectivity index is 2.28. The van der Waals surface area contributed by atoms with Crippen molar-refractivity contribution in [2.75, 3.05) is 26.9 Å². The van der Waals surface area contributed by atoms with Gasteiger partial charge >= 0.3 is 0 Å². The van der Waals surface area contributed by atoms with Gasteiger partial charge in [-0.2, -0.15) is 0 Å². The van der Waals surface area contributed by atoms with E-state index in [2.05, 4.69) is 11.8 Å². The van der Waals surface area contributed by atoms with E-state index >= 15 is 0 Å². The van der Waals surface area contributed by atoms with E-state index in [1.807, 2.05) is 0 Å². The third-order valence-electron chi connectivity index (χ3n) is 3.30. The molecule has 1 aromatic rings. The second-order valence-corrected chi connectivity index (χ2v) is 4.87. The number of methoxy groups -OCH3 is 1. The Bertz CT molecular complexity index is 573. The largest absolute Gasteiger partial charge is 0.384 e. The fourth-order valence-corrected chi connectivity index (χ4v) is 2.12. The van der Waals surface area contributed by atoms with Crippen molar-refractivity contribution in [2.45, 2.75) is 18.9 Å². The van der Waals surface area contributed by atoms with E-state index < -0.39 is 5.82 Å². The summed E-state index contributed by atoms with van der Waals surface area (Å²) in [5.41, 5.74) is 0.664. The van der Waals surface area contributed by atoms with E-state index in [0.717, 1.165) is 12.8 Å². The normalized spacial score (nSPS) is 13.5. The highest BCUT2D eigenvalue weighted by molar-refractivity contribution is 5.97. The SMILES string of the molecule is COCCN(C(=O)c1ccc(F)cc1C#CCO)C1CC1. The van der Waals surface area contributed by atoms with Crippen LogP contribution in [-0.4, -0.2) is 48.8 Å². The molecule has 0 radical (unpaired) electrons. The Labute approximate surface area is 123 Å². The number of hydrogen-bond acceptors (Lipinski definition) is 3. The molecule has 0 aliphatic heterocycles. The molecule has 0 bridgehead atoms. The second kappa shape index (κ2) is 7.21. The maximum absolute atomic E-state index is 13.3. The first-order valence-electron chi connectivity index (χ1n) is 6.86. The number of carbonyl (C=O) groups is 1. The third kappa shape index (κ3) is 4.03. The molecule has 21 heavy (non-hydrogen) atoms. The average molecular weight is 291 g/mol. The van der Waals surface area contributed by atoms with Crippen molar-refractivity contribution >= 4 is 5.91 Å². The van der Waals surface area contributed by atoms with E-state index in [9.17, 15) is 9.18 Å². The van der Waals surface area contributed by atoms with E-state index in [4.69, 9.17) is 9.84 Å². The molecule has 1 fully saturated rings. The monoisotopic (exact) mass is 291 g/mol. The van der Waals surface area contributed by atoms with Crippen molar-refractivity contribution < 1.29 is 19.0 Å². The maximum Gasteiger partial charge on any atom is 0.255 e. The van der Waals surface area contributed by atoms with Gasteiger partial charge in [-0.05, 0) is 31.0 Å². The Morgan fingerprint density at radius 2 is 2.29 bits per heavy atom. The summed E-state index contributed by atoms with van der Waals surface area (Å²) in [5, 5.41) is 8.77. The minimum Gasteiger partial charge on any atom is -0.384 e. The summed E-state index contributed by atoms with van der Waals surface area (Å²) in [6.45, 7) is 0.630. The van der Waals surface area contributed by atoms with Crippen LogP contribution in [0.3, 0.4) is 0 Å². The van der Waals surface area contributed by atoms with Crippen molar-refractivity contribution in [3.63, 3.8) is 0 Å². The zero-order valence-corrected chi connectivity index (χ0v) is 11.9. The summed E-state index contributed by atoms with van der Waals surface area (Å²) in [4.78, 5) is 14.4. The number of aliphatic hydroxyl groups excluding tert-OH is 1. The highest BCUT2D eigenvalue weighted by Crippen LogP contribution is 2.28. The number of rotatable bonds is 5. The van der Waals surface area contributed by atoms with E-state index in [-0.39, 0.29) is 18.6 Å². The van der Waals surface area contributed by atoms with Gasteiger partial charge in [0.1, 0.15) is 12.4 Å². The van der Waals surface area contributed by atoms with Gasteiger partial charge in [0.05, 0.1) is 12.2 Å². The zero-order valence-electron chi connectivity index (χ0n) is 11.9. The first-order chi connectivity index (χ1) is 10.2. The van der Waals surface area contributed by atoms with Crippen LogP contribution in [0.2, 0.25) is 0 Å². The lowest BCUT2D eigenvalue weighted by Crippen LogP contribution is -2.36. The predicted molar refractivity (Wildman–Crippen MR) is 76.3 cm³/mol. The highest BCUT2D eigenvalue weighted by atomic mass is 19.1. The maximum atomic E-state index is 13.3. The van der Waals surface area contributed by atoms with Crippen LogP contribution in [-0.2, 0) is 4.74 Å². The summed E-state index contributed by atoms with van der Waals surface area (Å²) in [5.74, 6) is 4.47. The number of aliphatic hydroxyl groups is 1. The Morgan fingerprint density at radius 3 is 2.90 bits per heavy atom. The molecule has 1 N–H and O–H groups in total. The van der Waals surface area contributed by atoms with Crippen molar-refractivity contribution in [3.8, 4) is 11.8 Å². The van der Waals surface area contributed by atoms with Crippen molar-refractivity contribution in [2.24, 2.45) is 0 Å². The van der Waals surface area contributed by atoms with E-state index in [1.54, 1.807) is 12.0 Å². The molecule has 112 valence electrons. The topological polar surface area (TPSA) is 49.8 Å². The number of hydrogen-bond donors (Lipinski definition) is 1. The molecule has 0 atom stereocenters. The minimum absolute atomic E-state index is 0.170. The molecular formula is C16H18FNO3. The van der Waals surface area contributed by atoms with Crippen LogP contribution in [0.15, 0.2) is 18.2 Å². The van der Waals surface area contributed by atoms with Crippen LogP contribution in [0.25, 0.3) is 0 Å². The van der Waals surface area contributed by atoms with Crippen LogP contribution in [0.5, 0.6) is 0 Å². The standard InChI is InChI=1S/C16H18FNO3/c1-21-10-8-18(14-5-6-14)16(20)15-7-4-13(17)11-12(15)3-2-9-19/h4,7,11,14,19H,5-6,8-10H2,1H3. The van der Waals surface area contributed by atoms with Crippen LogP contribution in [0.1, 0.15) is 28.8 Å². The number of benzene rings is 1. The lowest BCUT2D eigenvalue weighted by atomic mass is 10.1. The molecule has 0 heterocycles. The fraction of sp³-hybridized carbons (Fsp3) is 0.438. The first kappa shape index (κ1) is 15.5. The molecule has 0 unspecified atom stereocenters. The number of nitrogens with zero attached hydrogens (tertiary/aromatic N) is 1. The molecule has 1 saturated carbocycles. The molecule has 1 aliphatic carbocycles. The van der Waals surface area contributed by atoms with Gasteiger partial charge < -0.3 is 14.7 Å². The van der Waals surface area contributed by atoms with Gasteiger partial charge in [0, 0.05) is 25.3 Å². The number of halogens is 1. The van der Waals surface area contributed by atoms with E-state index in [0.29, 0.717) is 24.3 Å². The molecule has 1 aliphatic rings. The quantitative estimate of drug-likeness (QED) is 0.835. The van der Waals surface area contributed by atoms with Crippen LogP contribution in [0.4, 0.5) is 4.39 Å². The Morgan fingerprint density at radius 1 is 1.52 bits per heavy atom. The molecule has 0 saturated heterocycles. The van der Waals surface area contributed by atoms with E-state index in [1.165, 1.54) is 18.2 Å². The molecule has 4 nitrogen and oxygen atoms in total. The summed E-state index contributed by atoms with van der Waals surface area (Å²) in [6.07, 6.45) is 1.96. The van der Waals surface area contributed by atoms with Gasteiger partial charge in [-0.15, -0.1) is 0 Å². The van der Waals surface area contributed by atoms with Gasteiger partial charge in [0.15, 0.2) is 0 Å². The van der Waals surface area contributed by atoms with Gasteiger partial charge in [-0.1, -0.05) is 11.8 Å². The fourth-order valence-electron chi connectivity index (χ4n) is 2.12. The third-order valence-corrected chi connectivity index (χ3v) is 3.30. The molecule has 5 heteroatoms. The average Bonchev–Trinajstić information content (AvgIpc) is 3.30. The van der Waals surface area contributed by atoms with Crippen LogP contribution in [0, 0.1) is 17.7 Å². The lowest BCUT2D eigenvalue weighted by molar-refractivity contribution is 0.0680. The molecule has 0 spiro atoms. The summed E-state index contributed by atoms with van der Waals surface area (Å²) in [7, 11) is 1.59. The van der Waals surface area contributed by atoms with Crippen molar-refractivity contribution in [1.29, 1.82) is 0 Å². The van der Waals surface area contributed by atoms with Gasteiger partial charge in [0.25, 0.3) is 5.91 Å². The molecular weight excluding hydrogens is 273 g/mol. The smallest absolute Gasteiger partial charge is 0.255 e. The molecule has 2 rings (SSSR count). The molecule has 0 aromatic heterocycles. The number of carbonyl (C=O) groups excluding carboxylic acids is 1. The summed E-state index contributed by atoms with van der Waals surface area (Å²) < 4.78 is 18.4. The second-order valence-electron chi connectivity index (χ2n) is 4.87. The number of ether oxygens (including phenoxy) is 1. The van der Waals surface area contributed by atoms with Crippen LogP contribution >= 0.6 is 0 Å². The highest BCUT2D eigenvalue weighted by Gasteiger charge is 2.33. The van der Waals surface area contributed by atoms with Gasteiger partial charge in [-0.3, -0.25) is 4.79 Å². The first-order valence-corrected chi connectivity index (χ1v) is 6.86. The van der Waals surface area contributed by atoms with Crippen LogP contribution < -0.4 is 0 Å². The summed E-state index contributed by atoms with van der Waals surface area (Å²) in [6, 6.07) is 4.15.